The van der Waals surface area contributed by atoms with E-state index in [-0.39, 0.29) is 0 Å². The number of nitrogens with one attached hydrogen (secondary N) is 1. The van der Waals surface area contributed by atoms with E-state index in [1.165, 1.54) is 0 Å². The molecule has 0 saturated carbocycles. The van der Waals surface area contributed by atoms with Gasteiger partial charge in [-0.3, -0.25) is 0 Å². The molecule has 0 radical (unpaired) electrons. The van der Waals surface area contributed by atoms with E-state index in [4.69, 9.17) is 0 Å². The van der Waals surface area contributed by atoms with Crippen molar-refractivity contribution in [3.8, 4) is 0 Å². The minimum Gasteiger partial charge on any atom is -0.369 e. The van der Waals surface area contributed by atoms with Crippen molar-refractivity contribution >= 4 is 19.4 Å². The second-order valence-corrected chi connectivity index (χ2v) is 5.87. The van der Waals surface area contributed by atoms with Gasteiger partial charge in [0.25, 0.3) is 0 Å². The Kier molecular flexibility index (Phi) is 1.25. The van der Waals surface area contributed by atoms with Crippen LogP contribution in [0.25, 0.3) is 0 Å². The molecule has 0 aromatic carbocycles. The lowest BCUT2D eigenvalue weighted by molar-refractivity contribution is 1.46. The Morgan fingerprint density at radius 2 is 1.80 bits per heavy atom. The minimum absolute atomic E-state index is 0.355. The molecule has 5 heavy (non-hydrogen) atoms. The molecule has 0 amide bonds. The molecule has 30 valence electrons. The maximum absolute atomic E-state index is 3.50. The highest BCUT2D eigenvalue weighted by molar-refractivity contribution is 6.56. The van der Waals surface area contributed by atoms with Gasteiger partial charge in [-0.2, -0.15) is 0 Å². The molecule has 1 aliphatic heterocycles. The summed E-state index contributed by atoms with van der Waals surface area (Å²) in [7, 11) is 0.710. The first kappa shape index (κ1) is 3.58. The zero-order valence-electron chi connectivity index (χ0n) is 3.33. The fraction of sp³-hybridized carbons (Fsp3) is 1.00. The van der Waals surface area contributed by atoms with Crippen LogP contribution in [0.15, 0.2) is 0 Å². The molecule has 1 heterocycles. The Labute approximate surface area is 37.0 Å². The van der Waals surface area contributed by atoms with Gasteiger partial charge < -0.3 is 4.65 Å². The molecule has 0 unspecified atom stereocenters. The molecule has 1 saturated heterocycles. The predicted molar refractivity (Wildman–Crippen MR) is 29.8 cm³/mol. The molecule has 0 bridgehead atoms. The van der Waals surface area contributed by atoms with Gasteiger partial charge in [-0.25, -0.2) is 0 Å². The summed E-state index contributed by atoms with van der Waals surface area (Å²) < 4.78 is 3.50. The second-order valence-electron chi connectivity index (χ2n) is 1.46. The van der Waals surface area contributed by atoms with Gasteiger partial charge in [-0.05, 0) is 0 Å². The van der Waals surface area contributed by atoms with Gasteiger partial charge >= 0.3 is 0 Å². The van der Waals surface area contributed by atoms with E-state index in [9.17, 15) is 0 Å². The van der Waals surface area contributed by atoms with Gasteiger partial charge in [0.05, 0.1) is 19.4 Å². The van der Waals surface area contributed by atoms with E-state index in [1.54, 1.807) is 12.1 Å². The van der Waals surface area contributed by atoms with E-state index in [2.05, 4.69) is 4.65 Å². The second kappa shape index (κ2) is 1.74. The summed E-state index contributed by atoms with van der Waals surface area (Å²) >= 11 is 0. The monoisotopic (exact) mass is 103 g/mol. The normalized spacial score (nSPS) is 33.6. The molecule has 1 fully saturated rings. The molecular weight excluding hydrogens is 94.2 g/mol. The van der Waals surface area contributed by atoms with Crippen molar-refractivity contribution in [2.75, 3.05) is 0 Å². The van der Waals surface area contributed by atoms with Crippen LogP contribution in [0.4, 0.5) is 0 Å². The van der Waals surface area contributed by atoms with E-state index < -0.39 is 0 Å². The lowest BCUT2D eigenvalue weighted by Gasteiger charge is -1.74. The maximum Gasteiger partial charge on any atom is 0.0842 e. The summed E-state index contributed by atoms with van der Waals surface area (Å²) in [5, 5.41) is 0. The molecule has 1 rings (SSSR count). The third-order valence-corrected chi connectivity index (χ3v) is 6.49. The van der Waals surface area contributed by atoms with E-state index in [0.717, 1.165) is 0 Å². The minimum atomic E-state index is 0.355. The Hall–Kier alpha value is 0.394. The van der Waals surface area contributed by atoms with Gasteiger partial charge in [0.1, 0.15) is 0 Å². The zero-order chi connectivity index (χ0) is 3.54. The molecule has 0 aromatic heterocycles. The fourth-order valence-corrected chi connectivity index (χ4v) is 5.62. The highest BCUT2D eigenvalue weighted by Gasteiger charge is 1.95. The largest absolute Gasteiger partial charge is 0.369 e. The number of rotatable bonds is 0. The van der Waals surface area contributed by atoms with Gasteiger partial charge in [-0.1, -0.05) is 12.1 Å². The van der Waals surface area contributed by atoms with Crippen molar-refractivity contribution in [2.24, 2.45) is 0 Å². The molecule has 0 atom stereocenters. The van der Waals surface area contributed by atoms with Gasteiger partial charge in [0.15, 0.2) is 0 Å². The SMILES string of the molecule is C1C[SiH2]N[SiH2]1. The Morgan fingerprint density at radius 3 is 2.00 bits per heavy atom. The van der Waals surface area contributed by atoms with Crippen molar-refractivity contribution in [1.29, 1.82) is 0 Å². The Balaban J connectivity index is 2.08. The third-order valence-electron chi connectivity index (χ3n) is 0.957. The summed E-state index contributed by atoms with van der Waals surface area (Å²) in [5.41, 5.74) is 0. The Morgan fingerprint density at radius 1 is 1.20 bits per heavy atom. The summed E-state index contributed by atoms with van der Waals surface area (Å²) in [6.07, 6.45) is 0. The molecular formula is C2H9NSi2. The number of hydrogen-bond acceptors (Lipinski definition) is 1. The highest BCUT2D eigenvalue weighted by Crippen LogP contribution is 1.89. The van der Waals surface area contributed by atoms with Crippen LogP contribution >= 0.6 is 0 Å². The van der Waals surface area contributed by atoms with Crippen LogP contribution in [0.1, 0.15) is 0 Å². The lowest BCUT2D eigenvalue weighted by Crippen LogP contribution is -2.11. The third kappa shape index (κ3) is 0.865. The summed E-state index contributed by atoms with van der Waals surface area (Å²) in [6.45, 7) is 0. The van der Waals surface area contributed by atoms with Crippen molar-refractivity contribution in [2.45, 2.75) is 12.1 Å². The first-order valence-corrected chi connectivity index (χ1v) is 5.62. The standard InChI is InChI=1S/C2H9NSi2/c1-2-5-3-4-1/h3H,1-2,4-5H2. The first-order chi connectivity index (χ1) is 2.50. The van der Waals surface area contributed by atoms with E-state index >= 15 is 0 Å². The highest BCUT2D eigenvalue weighted by atomic mass is 28.3. The van der Waals surface area contributed by atoms with Crippen LogP contribution < -0.4 is 4.65 Å². The predicted octanol–water partition coefficient (Wildman–Crippen LogP) is -1.41. The van der Waals surface area contributed by atoms with Crippen molar-refractivity contribution < 1.29 is 0 Å². The van der Waals surface area contributed by atoms with Crippen LogP contribution in [0.5, 0.6) is 0 Å². The van der Waals surface area contributed by atoms with E-state index in [0.29, 0.717) is 19.4 Å². The van der Waals surface area contributed by atoms with Crippen molar-refractivity contribution in [1.82, 2.24) is 4.65 Å². The molecule has 0 aliphatic carbocycles. The lowest BCUT2D eigenvalue weighted by atomic mass is 11.0. The average Bonchev–Trinajstić information content (AvgIpc) is 1.76. The zero-order valence-corrected chi connectivity index (χ0v) is 6.16. The van der Waals surface area contributed by atoms with Gasteiger partial charge in [0.2, 0.25) is 0 Å². The van der Waals surface area contributed by atoms with Crippen LogP contribution in [0, 0.1) is 0 Å². The molecule has 1 aliphatic rings. The molecule has 1 nitrogen and oxygen atoms in total. The molecule has 0 spiro atoms. The first-order valence-electron chi connectivity index (χ1n) is 2.21. The molecule has 1 N–H and O–H groups in total. The van der Waals surface area contributed by atoms with Crippen LogP contribution in [0.2, 0.25) is 12.1 Å². The summed E-state index contributed by atoms with van der Waals surface area (Å²) in [6, 6.07) is 3.18. The van der Waals surface area contributed by atoms with Gasteiger partial charge in [0, 0.05) is 0 Å². The Bertz CT molecular complexity index is 19.2. The van der Waals surface area contributed by atoms with E-state index in [1.807, 2.05) is 0 Å². The van der Waals surface area contributed by atoms with Crippen molar-refractivity contribution in [3.63, 3.8) is 0 Å². The topological polar surface area (TPSA) is 12.0 Å². The van der Waals surface area contributed by atoms with Gasteiger partial charge in [-0.15, -0.1) is 0 Å². The molecule has 3 heteroatoms. The van der Waals surface area contributed by atoms with Crippen LogP contribution in [0.3, 0.4) is 0 Å². The summed E-state index contributed by atoms with van der Waals surface area (Å²) in [5.74, 6) is 0. The van der Waals surface area contributed by atoms with Crippen LogP contribution in [-0.4, -0.2) is 19.4 Å². The maximum atomic E-state index is 3.50. The number of hydrogen-bond donors (Lipinski definition) is 1. The average molecular weight is 103 g/mol. The van der Waals surface area contributed by atoms with Crippen LogP contribution in [-0.2, 0) is 0 Å². The quantitative estimate of drug-likeness (QED) is 0.372. The van der Waals surface area contributed by atoms with Crippen molar-refractivity contribution in [3.05, 3.63) is 0 Å². The summed E-state index contributed by atoms with van der Waals surface area (Å²) in [4.78, 5) is 0. The molecule has 0 aromatic rings. The fourth-order valence-electron chi connectivity index (χ4n) is 0.625. The smallest absolute Gasteiger partial charge is 0.0842 e.